The first-order chi connectivity index (χ1) is 1.73. The number of nitrogens with zero attached hydrogens (tertiary/aromatic N) is 1. The molecule has 0 radical (unpaired) electrons. The minimum Gasteiger partial charge on any atom is -0.265 e. The molecule has 0 spiro atoms. The molecule has 0 fully saturated rings. The van der Waals surface area contributed by atoms with Crippen LogP contribution in [-0.4, -0.2) is 12.0 Å². The second-order valence-electron chi connectivity index (χ2n) is 0.440. The molecule has 0 N–H and O–H groups in total. The van der Waals surface area contributed by atoms with Crippen molar-refractivity contribution in [1.29, 1.82) is 0 Å². The molecular formula is CH4ClNO2Pt. The van der Waals surface area contributed by atoms with Crippen LogP contribution in [0.4, 0.5) is 0 Å². The second-order valence-corrected chi connectivity index (χ2v) is 0.440. The molecule has 0 aliphatic heterocycles. The summed E-state index contributed by atoms with van der Waals surface area (Å²) in [7, 11) is 0.889. The number of halogens is 1. The van der Waals surface area contributed by atoms with Crippen LogP contribution in [-0.2, 0) is 21.1 Å². The van der Waals surface area contributed by atoms with Crippen molar-refractivity contribution < 1.29 is 26.0 Å². The van der Waals surface area contributed by atoms with Gasteiger partial charge in [0, 0.05) is 26.0 Å². The van der Waals surface area contributed by atoms with Gasteiger partial charge in [0.25, 0.3) is 0 Å². The maximum Gasteiger partial charge on any atom is 0.194 e. The van der Waals surface area contributed by atoms with Crippen molar-refractivity contribution in [3.63, 3.8) is 0 Å². The van der Waals surface area contributed by atoms with Gasteiger partial charge in [-0.15, -0.1) is 12.4 Å². The summed E-state index contributed by atoms with van der Waals surface area (Å²) in [6, 6.07) is 0. The van der Waals surface area contributed by atoms with Crippen LogP contribution in [0.3, 0.4) is 0 Å². The van der Waals surface area contributed by atoms with Crippen LogP contribution in [0.1, 0.15) is 0 Å². The molecule has 0 aromatic rings. The fourth-order valence-electron chi connectivity index (χ4n) is 0. The van der Waals surface area contributed by atoms with E-state index in [-0.39, 0.29) is 33.5 Å². The van der Waals surface area contributed by atoms with Crippen LogP contribution >= 0.6 is 12.4 Å². The molecule has 0 bridgehead atoms. The zero-order valence-electron chi connectivity index (χ0n) is 2.99. The Balaban J connectivity index is -0.0000000450. The van der Waals surface area contributed by atoms with Crippen LogP contribution < -0.4 is 0 Å². The summed E-state index contributed by atoms with van der Waals surface area (Å²) in [4.78, 5) is 8.31. The van der Waals surface area contributed by atoms with Gasteiger partial charge in [0.05, 0.1) is 0 Å². The molecule has 0 heterocycles. The number of rotatable bonds is 0. The van der Waals surface area contributed by atoms with Crippen LogP contribution in [0.2, 0.25) is 0 Å². The fourth-order valence-corrected chi connectivity index (χ4v) is 0. The first-order valence-electron chi connectivity index (χ1n) is 0.812. The molecule has 0 aliphatic rings. The topological polar surface area (TPSA) is 43.1 Å². The normalized spacial score (nSPS) is 4.17. The quantitative estimate of drug-likeness (QED) is 0.476. The third-order valence-electron chi connectivity index (χ3n) is 0. The van der Waals surface area contributed by atoms with E-state index in [4.69, 9.17) is 10.1 Å². The largest absolute Gasteiger partial charge is 0.265 e. The van der Waals surface area contributed by atoms with E-state index in [0.717, 1.165) is 7.05 Å². The fraction of sp³-hybridized carbons (Fsp3) is 1.00. The summed E-state index contributed by atoms with van der Waals surface area (Å²) in [5.41, 5.74) is 0. The minimum absolute atomic E-state index is 0. The Labute approximate surface area is 55.9 Å². The Morgan fingerprint density at radius 3 is 1.67 bits per heavy atom. The van der Waals surface area contributed by atoms with Crippen molar-refractivity contribution in [2.45, 2.75) is 0 Å². The van der Waals surface area contributed by atoms with Gasteiger partial charge in [0.15, 0.2) is 7.05 Å². The van der Waals surface area contributed by atoms with Crippen molar-refractivity contribution in [3.05, 3.63) is 10.1 Å². The second kappa shape index (κ2) is 9.03. The zero-order valence-corrected chi connectivity index (χ0v) is 6.08. The smallest absolute Gasteiger partial charge is 0.194 e. The molecule has 5 heteroatoms. The third-order valence-corrected chi connectivity index (χ3v) is 0. The van der Waals surface area contributed by atoms with Crippen molar-refractivity contribution in [2.75, 3.05) is 7.05 Å². The molecule has 0 aromatic heterocycles. The van der Waals surface area contributed by atoms with Crippen LogP contribution in [0.25, 0.3) is 0 Å². The Hall–Kier alpha value is 0.378. The molecule has 0 saturated heterocycles. The minimum atomic E-state index is -0.500. The van der Waals surface area contributed by atoms with E-state index in [1.54, 1.807) is 0 Å². The predicted molar refractivity (Wildman–Crippen MR) is 20.2 cm³/mol. The number of hydrogen-bond donors (Lipinski definition) is 0. The van der Waals surface area contributed by atoms with Gasteiger partial charge in [-0.1, -0.05) is 0 Å². The summed E-state index contributed by atoms with van der Waals surface area (Å²) in [6.07, 6.45) is 0. The Morgan fingerprint density at radius 1 is 1.67 bits per heavy atom. The Kier molecular flexibility index (Phi) is 24.3. The van der Waals surface area contributed by atoms with Crippen LogP contribution in [0.15, 0.2) is 0 Å². The van der Waals surface area contributed by atoms with Crippen LogP contribution in [0, 0.1) is 10.1 Å². The SMILES string of the molecule is C[N+](=O)[O-].Cl.[Pt]. The zero-order chi connectivity index (χ0) is 3.58. The number of hydrogen-bond acceptors (Lipinski definition) is 2. The average molecular weight is 293 g/mol. The first-order valence-corrected chi connectivity index (χ1v) is 0.812. The molecule has 0 atom stereocenters. The van der Waals surface area contributed by atoms with Crippen LogP contribution in [0.5, 0.6) is 0 Å². The van der Waals surface area contributed by atoms with Gasteiger partial charge in [-0.05, 0) is 0 Å². The van der Waals surface area contributed by atoms with Gasteiger partial charge in [0.2, 0.25) is 0 Å². The third kappa shape index (κ3) is 349. The molecule has 0 amide bonds. The molecule has 0 rings (SSSR count). The van der Waals surface area contributed by atoms with Gasteiger partial charge in [-0.2, -0.15) is 0 Å². The molecule has 0 unspecified atom stereocenters. The Bertz CT molecular complexity index is 36.5. The summed E-state index contributed by atoms with van der Waals surface area (Å²) in [6.45, 7) is 0. The van der Waals surface area contributed by atoms with E-state index < -0.39 is 4.92 Å². The van der Waals surface area contributed by atoms with Gasteiger partial charge in [-0.3, -0.25) is 10.1 Å². The number of nitro groups is 1. The summed E-state index contributed by atoms with van der Waals surface area (Å²) in [5, 5.41) is 8.81. The maximum atomic E-state index is 8.81. The van der Waals surface area contributed by atoms with Gasteiger partial charge in [0.1, 0.15) is 0 Å². The molecule has 0 saturated carbocycles. The van der Waals surface area contributed by atoms with Gasteiger partial charge < -0.3 is 0 Å². The first kappa shape index (κ1) is 16.2. The molecule has 6 heavy (non-hydrogen) atoms. The summed E-state index contributed by atoms with van der Waals surface area (Å²) >= 11 is 0. The van der Waals surface area contributed by atoms with E-state index >= 15 is 0 Å². The standard InChI is InChI=1S/CH3NO2.ClH.Pt/c1-2(3)4;;/h1H3;1H;. The molecule has 0 aromatic carbocycles. The average Bonchev–Trinajstić information content (AvgIpc) is 0.811. The van der Waals surface area contributed by atoms with Crippen molar-refractivity contribution in [3.8, 4) is 0 Å². The van der Waals surface area contributed by atoms with Crippen molar-refractivity contribution in [1.82, 2.24) is 0 Å². The molecular weight excluding hydrogens is 289 g/mol. The predicted octanol–water partition coefficient (Wildman–Crippen LogP) is 0.312. The van der Waals surface area contributed by atoms with Gasteiger partial charge >= 0.3 is 0 Å². The Morgan fingerprint density at radius 2 is 1.67 bits per heavy atom. The summed E-state index contributed by atoms with van der Waals surface area (Å²) < 4.78 is 0. The van der Waals surface area contributed by atoms with E-state index in [0.29, 0.717) is 0 Å². The van der Waals surface area contributed by atoms with E-state index in [9.17, 15) is 0 Å². The van der Waals surface area contributed by atoms with E-state index in [2.05, 4.69) is 0 Å². The van der Waals surface area contributed by atoms with E-state index in [1.165, 1.54) is 0 Å². The van der Waals surface area contributed by atoms with Crippen molar-refractivity contribution >= 4 is 12.4 Å². The monoisotopic (exact) mass is 292 g/mol. The van der Waals surface area contributed by atoms with E-state index in [1.807, 2.05) is 0 Å². The molecule has 3 nitrogen and oxygen atoms in total. The summed E-state index contributed by atoms with van der Waals surface area (Å²) in [5.74, 6) is 0. The van der Waals surface area contributed by atoms with Crippen molar-refractivity contribution in [2.24, 2.45) is 0 Å². The molecule has 0 aliphatic carbocycles. The van der Waals surface area contributed by atoms with Gasteiger partial charge in [-0.25, -0.2) is 0 Å². The molecule has 42 valence electrons. The maximum absolute atomic E-state index is 8.81.